The molecule has 0 spiro atoms. The van der Waals surface area contributed by atoms with Gasteiger partial charge < -0.3 is 5.32 Å². The van der Waals surface area contributed by atoms with Gasteiger partial charge in [0.2, 0.25) is 5.82 Å². The van der Waals surface area contributed by atoms with Crippen molar-refractivity contribution in [3.8, 4) is 0 Å². The van der Waals surface area contributed by atoms with E-state index < -0.39 is 0 Å². The van der Waals surface area contributed by atoms with Crippen molar-refractivity contribution < 1.29 is 4.79 Å². The highest BCUT2D eigenvalue weighted by atomic mass is 16.2. The van der Waals surface area contributed by atoms with Crippen molar-refractivity contribution in [3.63, 3.8) is 0 Å². The number of fused-ring (bicyclic) bond motifs is 1. The highest BCUT2D eigenvalue weighted by Crippen LogP contribution is 2.11. The molecule has 3 aromatic rings. The molecule has 2 aromatic heterocycles. The second-order valence-electron chi connectivity index (χ2n) is 5.19. The van der Waals surface area contributed by atoms with Crippen LogP contribution in [0.3, 0.4) is 0 Å². The fourth-order valence-corrected chi connectivity index (χ4v) is 2.27. The largest absolute Gasteiger partial charge is 0.319 e. The van der Waals surface area contributed by atoms with Crippen molar-refractivity contribution in [1.29, 1.82) is 0 Å². The van der Waals surface area contributed by atoms with E-state index in [-0.39, 0.29) is 11.7 Å². The number of nitrogens with one attached hydrogen (secondary N) is 1. The zero-order valence-electron chi connectivity index (χ0n) is 12.8. The Morgan fingerprint density at radius 1 is 1.18 bits per heavy atom. The predicted octanol–water partition coefficient (Wildman–Crippen LogP) is 2.56. The van der Waals surface area contributed by atoms with Crippen LogP contribution < -0.4 is 5.32 Å². The maximum absolute atomic E-state index is 12.3. The van der Waals surface area contributed by atoms with Gasteiger partial charge in [0.15, 0.2) is 0 Å². The van der Waals surface area contributed by atoms with Crippen LogP contribution in [0, 0.1) is 13.8 Å². The van der Waals surface area contributed by atoms with Crippen LogP contribution in [0.15, 0.2) is 30.3 Å². The molecule has 0 radical (unpaired) electrons. The number of aryl methyl sites for hydroxylation is 3. The molecule has 1 aromatic carbocycles. The number of amides is 1. The second-order valence-corrected chi connectivity index (χ2v) is 5.19. The van der Waals surface area contributed by atoms with Crippen LogP contribution in [0.1, 0.15) is 34.5 Å². The summed E-state index contributed by atoms with van der Waals surface area (Å²) in [5.41, 5.74) is 3.68. The topological polar surface area (TPSA) is 72.2 Å². The molecule has 3 rings (SSSR count). The molecule has 1 amide bonds. The molecule has 112 valence electrons. The SMILES string of the molecule is CCc1ccc(NC(=O)c2nc3nc(C)cc(C)n3n2)cc1. The zero-order valence-corrected chi connectivity index (χ0v) is 12.8. The summed E-state index contributed by atoms with van der Waals surface area (Å²) in [6, 6.07) is 9.62. The first kappa shape index (κ1) is 14.2. The number of aromatic nitrogens is 4. The molecular formula is C16H17N5O. The van der Waals surface area contributed by atoms with Crippen LogP contribution >= 0.6 is 0 Å². The van der Waals surface area contributed by atoms with Crippen molar-refractivity contribution in [1.82, 2.24) is 19.6 Å². The first-order chi connectivity index (χ1) is 10.6. The first-order valence-electron chi connectivity index (χ1n) is 7.18. The number of benzene rings is 1. The van der Waals surface area contributed by atoms with Crippen LogP contribution in [0.25, 0.3) is 5.78 Å². The fraction of sp³-hybridized carbons (Fsp3) is 0.250. The molecule has 6 heteroatoms. The van der Waals surface area contributed by atoms with E-state index >= 15 is 0 Å². The number of anilines is 1. The van der Waals surface area contributed by atoms with Crippen molar-refractivity contribution in [2.24, 2.45) is 0 Å². The Morgan fingerprint density at radius 2 is 1.91 bits per heavy atom. The van der Waals surface area contributed by atoms with Gasteiger partial charge >= 0.3 is 0 Å². The Kier molecular flexibility index (Phi) is 3.58. The van der Waals surface area contributed by atoms with Gasteiger partial charge in [-0.25, -0.2) is 9.50 Å². The molecule has 6 nitrogen and oxygen atoms in total. The summed E-state index contributed by atoms with van der Waals surface area (Å²) in [6.45, 7) is 5.88. The van der Waals surface area contributed by atoms with E-state index in [9.17, 15) is 4.79 Å². The van der Waals surface area contributed by atoms with Crippen LogP contribution in [0.5, 0.6) is 0 Å². The lowest BCUT2D eigenvalue weighted by Gasteiger charge is -2.03. The molecule has 0 saturated carbocycles. The Hall–Kier alpha value is -2.76. The molecule has 2 heterocycles. The zero-order chi connectivity index (χ0) is 15.7. The Balaban J connectivity index is 1.86. The quantitative estimate of drug-likeness (QED) is 0.806. The van der Waals surface area contributed by atoms with Gasteiger partial charge in [-0.05, 0) is 44.0 Å². The van der Waals surface area contributed by atoms with E-state index in [1.807, 2.05) is 44.2 Å². The maximum Gasteiger partial charge on any atom is 0.295 e. The number of hydrogen-bond donors (Lipinski definition) is 1. The summed E-state index contributed by atoms with van der Waals surface area (Å²) in [4.78, 5) is 20.7. The molecule has 0 bridgehead atoms. The van der Waals surface area contributed by atoms with Gasteiger partial charge in [0.1, 0.15) is 0 Å². The van der Waals surface area contributed by atoms with E-state index in [0.717, 1.165) is 23.5 Å². The molecule has 0 aliphatic rings. The molecule has 22 heavy (non-hydrogen) atoms. The minimum Gasteiger partial charge on any atom is -0.319 e. The Labute approximate surface area is 128 Å². The predicted molar refractivity (Wildman–Crippen MR) is 84.0 cm³/mol. The summed E-state index contributed by atoms with van der Waals surface area (Å²) in [5, 5.41) is 7.01. The lowest BCUT2D eigenvalue weighted by Crippen LogP contribution is -2.14. The van der Waals surface area contributed by atoms with E-state index in [0.29, 0.717) is 5.78 Å². The van der Waals surface area contributed by atoms with Crippen LogP contribution in [-0.4, -0.2) is 25.5 Å². The fourth-order valence-electron chi connectivity index (χ4n) is 2.27. The standard InChI is InChI=1S/C16H17N5O/c1-4-12-5-7-13(8-6-12)18-15(22)14-19-16-17-10(2)9-11(3)21(16)20-14/h5-9H,4H2,1-3H3,(H,18,22). The van der Waals surface area contributed by atoms with Crippen molar-refractivity contribution >= 4 is 17.4 Å². The van der Waals surface area contributed by atoms with E-state index in [4.69, 9.17) is 0 Å². The Morgan fingerprint density at radius 3 is 2.59 bits per heavy atom. The second kappa shape index (κ2) is 5.55. The van der Waals surface area contributed by atoms with Gasteiger partial charge in [0.25, 0.3) is 11.7 Å². The van der Waals surface area contributed by atoms with E-state index in [1.54, 1.807) is 4.52 Å². The molecule has 1 N–H and O–H groups in total. The highest BCUT2D eigenvalue weighted by Gasteiger charge is 2.15. The van der Waals surface area contributed by atoms with Gasteiger partial charge in [-0.3, -0.25) is 4.79 Å². The summed E-state index contributed by atoms with van der Waals surface area (Å²) in [6.07, 6.45) is 0.965. The summed E-state index contributed by atoms with van der Waals surface area (Å²) in [5.74, 6) is 0.205. The third-order valence-corrected chi connectivity index (χ3v) is 3.44. The lowest BCUT2D eigenvalue weighted by atomic mass is 10.1. The molecule has 0 saturated heterocycles. The molecule has 0 aliphatic carbocycles. The minimum atomic E-state index is -0.341. The van der Waals surface area contributed by atoms with E-state index in [2.05, 4.69) is 27.3 Å². The summed E-state index contributed by atoms with van der Waals surface area (Å²) < 4.78 is 1.57. The number of carbonyl (C=O) groups excluding carboxylic acids is 1. The van der Waals surface area contributed by atoms with E-state index in [1.165, 1.54) is 5.56 Å². The molecule has 0 atom stereocenters. The van der Waals surface area contributed by atoms with Gasteiger partial charge in [0.05, 0.1) is 0 Å². The minimum absolute atomic E-state index is 0.112. The summed E-state index contributed by atoms with van der Waals surface area (Å²) in [7, 11) is 0. The first-order valence-corrected chi connectivity index (χ1v) is 7.18. The summed E-state index contributed by atoms with van der Waals surface area (Å²) >= 11 is 0. The monoisotopic (exact) mass is 295 g/mol. The smallest absolute Gasteiger partial charge is 0.295 e. The van der Waals surface area contributed by atoms with Crippen molar-refractivity contribution in [2.75, 3.05) is 5.32 Å². The normalized spacial score (nSPS) is 10.9. The third kappa shape index (κ3) is 2.67. The average molecular weight is 295 g/mol. The number of carbonyl (C=O) groups is 1. The van der Waals surface area contributed by atoms with Crippen LogP contribution in [0.4, 0.5) is 5.69 Å². The van der Waals surface area contributed by atoms with Crippen LogP contribution in [-0.2, 0) is 6.42 Å². The van der Waals surface area contributed by atoms with Crippen LogP contribution in [0.2, 0.25) is 0 Å². The maximum atomic E-state index is 12.3. The van der Waals surface area contributed by atoms with Gasteiger partial charge in [-0.15, -0.1) is 5.10 Å². The van der Waals surface area contributed by atoms with Gasteiger partial charge in [-0.1, -0.05) is 19.1 Å². The molecule has 0 aliphatic heterocycles. The average Bonchev–Trinajstić information content (AvgIpc) is 2.92. The van der Waals surface area contributed by atoms with Gasteiger partial charge in [0, 0.05) is 17.1 Å². The highest BCUT2D eigenvalue weighted by molar-refractivity contribution is 6.01. The number of nitrogens with zero attached hydrogens (tertiary/aromatic N) is 4. The van der Waals surface area contributed by atoms with Gasteiger partial charge in [-0.2, -0.15) is 4.98 Å². The molecular weight excluding hydrogens is 278 g/mol. The third-order valence-electron chi connectivity index (χ3n) is 3.44. The number of rotatable bonds is 3. The lowest BCUT2D eigenvalue weighted by molar-refractivity contribution is 0.101. The molecule has 0 fully saturated rings. The Bertz CT molecular complexity index is 836. The molecule has 0 unspecified atom stereocenters. The van der Waals surface area contributed by atoms with Crippen molar-refractivity contribution in [3.05, 3.63) is 53.1 Å². The number of hydrogen-bond acceptors (Lipinski definition) is 4. The van der Waals surface area contributed by atoms with Crippen molar-refractivity contribution in [2.45, 2.75) is 27.2 Å².